The van der Waals surface area contributed by atoms with Gasteiger partial charge in [-0.05, 0) is 31.2 Å². The molecule has 0 saturated heterocycles. The summed E-state index contributed by atoms with van der Waals surface area (Å²) in [4.78, 5) is 0. The Morgan fingerprint density at radius 2 is 1.73 bits per heavy atom. The van der Waals surface area contributed by atoms with Crippen molar-refractivity contribution in [1.82, 2.24) is 5.32 Å². The summed E-state index contributed by atoms with van der Waals surface area (Å²) in [6, 6.07) is 0. The van der Waals surface area contributed by atoms with Crippen LogP contribution in [-0.2, 0) is 0 Å². The molecule has 0 bridgehead atoms. The van der Waals surface area contributed by atoms with E-state index in [-0.39, 0.29) is 0 Å². The van der Waals surface area contributed by atoms with Gasteiger partial charge in [0.25, 0.3) is 0 Å². The zero-order valence-corrected chi connectivity index (χ0v) is 10.3. The van der Waals surface area contributed by atoms with Crippen molar-refractivity contribution in [3.8, 4) is 0 Å². The maximum Gasteiger partial charge on any atom is 0.0456 e. The molecule has 2 unspecified atom stereocenters. The second kappa shape index (κ2) is 10.4. The van der Waals surface area contributed by atoms with Gasteiger partial charge in [-0.15, -0.1) is 0 Å². The predicted molar refractivity (Wildman–Crippen MR) is 65.8 cm³/mol. The summed E-state index contributed by atoms with van der Waals surface area (Å²) in [6.07, 6.45) is 4.94. The quantitative estimate of drug-likeness (QED) is 0.483. The highest BCUT2D eigenvalue weighted by Crippen LogP contribution is 2.12. The number of nitrogens with one attached hydrogen (secondary N) is 1. The largest absolute Gasteiger partial charge is 0.396 e. The van der Waals surface area contributed by atoms with Crippen LogP contribution in [0.2, 0.25) is 0 Å². The van der Waals surface area contributed by atoms with Crippen LogP contribution in [0.1, 0.15) is 39.5 Å². The molecule has 0 radical (unpaired) electrons. The lowest BCUT2D eigenvalue weighted by molar-refractivity contribution is 0.226. The van der Waals surface area contributed by atoms with Crippen LogP contribution in [-0.4, -0.2) is 31.3 Å². The molecule has 4 N–H and O–H groups in total. The average Bonchev–Trinajstić information content (AvgIpc) is 2.24. The van der Waals surface area contributed by atoms with Gasteiger partial charge in [0.1, 0.15) is 0 Å². The number of hydrogen-bond acceptors (Lipinski definition) is 3. The first-order valence-electron chi connectivity index (χ1n) is 6.22. The summed E-state index contributed by atoms with van der Waals surface area (Å²) in [6.45, 7) is 7.43. The molecule has 0 saturated carbocycles. The Balaban J connectivity index is 3.19. The lowest BCUT2D eigenvalue weighted by atomic mass is 9.99. The maximum absolute atomic E-state index is 8.86. The molecule has 0 aromatic rings. The third-order valence-corrected chi connectivity index (χ3v) is 2.77. The Morgan fingerprint density at radius 3 is 2.27 bits per heavy atom. The predicted octanol–water partition coefficient (Wildman–Crippen LogP) is 1.36. The maximum atomic E-state index is 8.86. The van der Waals surface area contributed by atoms with Crippen LogP contribution in [0.5, 0.6) is 0 Å². The van der Waals surface area contributed by atoms with E-state index >= 15 is 0 Å². The molecule has 92 valence electrons. The summed E-state index contributed by atoms with van der Waals surface area (Å²) in [5.41, 5.74) is 5.40. The van der Waals surface area contributed by atoms with Gasteiger partial charge < -0.3 is 16.2 Å². The Hall–Kier alpha value is -0.120. The highest BCUT2D eigenvalue weighted by atomic mass is 16.3. The molecule has 3 heteroatoms. The zero-order chi connectivity index (χ0) is 11.5. The fourth-order valence-corrected chi connectivity index (χ4v) is 1.63. The molecule has 0 aliphatic rings. The minimum Gasteiger partial charge on any atom is -0.396 e. The van der Waals surface area contributed by atoms with Crippen LogP contribution in [0.3, 0.4) is 0 Å². The van der Waals surface area contributed by atoms with E-state index in [0.29, 0.717) is 12.5 Å². The van der Waals surface area contributed by atoms with Crippen LogP contribution in [0.25, 0.3) is 0 Å². The molecular formula is C12H28N2O. The van der Waals surface area contributed by atoms with Crippen molar-refractivity contribution in [2.24, 2.45) is 17.6 Å². The van der Waals surface area contributed by atoms with Gasteiger partial charge in [0.2, 0.25) is 0 Å². The van der Waals surface area contributed by atoms with Gasteiger partial charge in [0.05, 0.1) is 0 Å². The molecule has 0 spiro atoms. The Morgan fingerprint density at radius 1 is 1.13 bits per heavy atom. The topological polar surface area (TPSA) is 58.3 Å². The first-order chi connectivity index (χ1) is 7.20. The monoisotopic (exact) mass is 216 g/mol. The van der Waals surface area contributed by atoms with Gasteiger partial charge in [-0.2, -0.15) is 0 Å². The SMILES string of the molecule is CC(CO)CCCCC(C)CNCCN. The first-order valence-corrected chi connectivity index (χ1v) is 6.22. The Labute approximate surface area is 94.4 Å². The van der Waals surface area contributed by atoms with Crippen LogP contribution in [0.15, 0.2) is 0 Å². The summed E-state index contributed by atoms with van der Waals surface area (Å²) in [5, 5.41) is 12.2. The Kier molecular flexibility index (Phi) is 10.3. The molecule has 15 heavy (non-hydrogen) atoms. The van der Waals surface area contributed by atoms with E-state index in [1.807, 2.05) is 0 Å². The van der Waals surface area contributed by atoms with Crippen LogP contribution in [0, 0.1) is 11.8 Å². The highest BCUT2D eigenvalue weighted by Gasteiger charge is 2.03. The molecule has 3 nitrogen and oxygen atoms in total. The molecule has 0 aromatic heterocycles. The van der Waals surface area contributed by atoms with E-state index in [1.165, 1.54) is 19.3 Å². The second-order valence-corrected chi connectivity index (χ2v) is 4.67. The van der Waals surface area contributed by atoms with E-state index in [1.54, 1.807) is 0 Å². The molecule has 0 rings (SSSR count). The van der Waals surface area contributed by atoms with E-state index in [4.69, 9.17) is 10.8 Å². The van der Waals surface area contributed by atoms with Crippen molar-refractivity contribution < 1.29 is 5.11 Å². The highest BCUT2D eigenvalue weighted by molar-refractivity contribution is 4.59. The van der Waals surface area contributed by atoms with Crippen molar-refractivity contribution in [2.45, 2.75) is 39.5 Å². The van der Waals surface area contributed by atoms with Gasteiger partial charge in [0, 0.05) is 19.7 Å². The molecule has 0 fully saturated rings. The molecule has 0 aliphatic heterocycles. The van der Waals surface area contributed by atoms with E-state index in [0.717, 1.165) is 32.0 Å². The smallest absolute Gasteiger partial charge is 0.0456 e. The molecule has 0 amide bonds. The average molecular weight is 216 g/mol. The molecule has 0 aromatic carbocycles. The number of rotatable bonds is 10. The van der Waals surface area contributed by atoms with Crippen molar-refractivity contribution in [1.29, 1.82) is 0 Å². The van der Waals surface area contributed by atoms with Gasteiger partial charge in [-0.3, -0.25) is 0 Å². The van der Waals surface area contributed by atoms with E-state index in [9.17, 15) is 0 Å². The molecule has 2 atom stereocenters. The van der Waals surface area contributed by atoms with E-state index < -0.39 is 0 Å². The van der Waals surface area contributed by atoms with Crippen molar-refractivity contribution >= 4 is 0 Å². The standard InChI is InChI=1S/C12H28N2O/c1-11(9-14-8-7-13)5-3-4-6-12(2)10-15/h11-12,14-15H,3-10,13H2,1-2H3. The van der Waals surface area contributed by atoms with Gasteiger partial charge >= 0.3 is 0 Å². The van der Waals surface area contributed by atoms with Crippen LogP contribution in [0.4, 0.5) is 0 Å². The second-order valence-electron chi connectivity index (χ2n) is 4.67. The number of unbranched alkanes of at least 4 members (excludes halogenated alkanes) is 1. The van der Waals surface area contributed by atoms with Crippen LogP contribution >= 0.6 is 0 Å². The Bertz CT molecular complexity index is 131. The number of aliphatic hydroxyl groups is 1. The lowest BCUT2D eigenvalue weighted by Crippen LogP contribution is -2.26. The zero-order valence-electron chi connectivity index (χ0n) is 10.3. The first kappa shape index (κ1) is 14.9. The third kappa shape index (κ3) is 10.2. The van der Waals surface area contributed by atoms with Crippen molar-refractivity contribution in [3.05, 3.63) is 0 Å². The van der Waals surface area contributed by atoms with Gasteiger partial charge in [-0.1, -0.05) is 26.7 Å². The van der Waals surface area contributed by atoms with Crippen molar-refractivity contribution in [3.63, 3.8) is 0 Å². The number of nitrogens with two attached hydrogens (primary N) is 1. The number of aliphatic hydroxyl groups excluding tert-OH is 1. The summed E-state index contributed by atoms with van der Waals surface area (Å²) < 4.78 is 0. The number of hydrogen-bond donors (Lipinski definition) is 3. The summed E-state index contributed by atoms with van der Waals surface area (Å²) in [7, 11) is 0. The molecular weight excluding hydrogens is 188 g/mol. The normalized spacial score (nSPS) is 15.2. The van der Waals surface area contributed by atoms with Gasteiger partial charge in [-0.25, -0.2) is 0 Å². The lowest BCUT2D eigenvalue weighted by Gasteiger charge is -2.12. The van der Waals surface area contributed by atoms with Gasteiger partial charge in [0.15, 0.2) is 0 Å². The fourth-order valence-electron chi connectivity index (χ4n) is 1.63. The fraction of sp³-hybridized carbons (Fsp3) is 1.00. The summed E-state index contributed by atoms with van der Waals surface area (Å²) >= 11 is 0. The third-order valence-electron chi connectivity index (χ3n) is 2.77. The van der Waals surface area contributed by atoms with Crippen LogP contribution < -0.4 is 11.1 Å². The minimum absolute atomic E-state index is 0.327. The van der Waals surface area contributed by atoms with Crippen molar-refractivity contribution in [2.75, 3.05) is 26.2 Å². The molecule has 0 aliphatic carbocycles. The minimum atomic E-state index is 0.327. The van der Waals surface area contributed by atoms with E-state index in [2.05, 4.69) is 19.2 Å². The summed E-state index contributed by atoms with van der Waals surface area (Å²) in [5.74, 6) is 1.21. The molecule has 0 heterocycles.